The van der Waals surface area contributed by atoms with Crippen LogP contribution in [0.15, 0.2) is 48.5 Å². The summed E-state index contributed by atoms with van der Waals surface area (Å²) in [6.45, 7) is 9.51. The topological polar surface area (TPSA) is 106 Å². The first-order valence-corrected chi connectivity index (χ1v) is 11.7. The minimum Gasteiger partial charge on any atom is -0.456 e. The number of carbonyl (C=O) groups is 2. The largest absolute Gasteiger partial charge is 0.456 e. The third-order valence-corrected chi connectivity index (χ3v) is 6.60. The number of nitrogens with zero attached hydrogens (tertiary/aromatic N) is 1. The molecule has 0 aromatic heterocycles. The number of fused-ring (bicyclic) bond motifs is 6. The first-order valence-electron chi connectivity index (χ1n) is 11.7. The number of benzene rings is 3. The van der Waals surface area contributed by atoms with Crippen molar-refractivity contribution in [1.29, 1.82) is 0 Å². The Balaban J connectivity index is 1.90. The molecule has 0 fully saturated rings. The summed E-state index contributed by atoms with van der Waals surface area (Å²) in [4.78, 5) is 31.2. The van der Waals surface area contributed by atoms with E-state index in [1.165, 1.54) is 0 Å². The molecule has 8 heteroatoms. The molecule has 180 valence electrons. The van der Waals surface area contributed by atoms with Gasteiger partial charge in [0.15, 0.2) is 5.54 Å². The zero-order chi connectivity index (χ0) is 24.9. The molecule has 0 saturated heterocycles. The lowest BCUT2D eigenvalue weighted by Crippen LogP contribution is -2.49. The van der Waals surface area contributed by atoms with Gasteiger partial charge in [-0.15, -0.1) is 5.06 Å². The summed E-state index contributed by atoms with van der Waals surface area (Å²) in [6.07, 6.45) is -1.07. The molecule has 2 aliphatic rings. The molecule has 5 rings (SSSR count). The molecule has 8 nitrogen and oxygen atoms in total. The number of ether oxygens (including phenoxy) is 1. The number of hydrogen-bond acceptors (Lipinski definition) is 6. The number of primary amides is 1. The zero-order valence-electron chi connectivity index (χ0n) is 20.2. The highest BCUT2D eigenvalue weighted by atomic mass is 16.7. The Morgan fingerprint density at radius 2 is 1.49 bits per heavy atom. The maximum atomic E-state index is 13.7. The van der Waals surface area contributed by atoms with Crippen LogP contribution < -0.4 is 21.1 Å². The molecule has 0 atom stereocenters. The van der Waals surface area contributed by atoms with Gasteiger partial charge < -0.3 is 25.9 Å². The second-order valence-corrected chi connectivity index (χ2v) is 8.76. The van der Waals surface area contributed by atoms with E-state index < -0.39 is 17.5 Å². The van der Waals surface area contributed by atoms with Gasteiger partial charge in [0.25, 0.3) is 5.91 Å². The molecule has 4 N–H and O–H groups in total. The summed E-state index contributed by atoms with van der Waals surface area (Å²) in [5.41, 5.74) is 10.5. The number of carbonyl (C=O) groups excluding carboxylic acids is 2. The number of aryl methyl sites for hydroxylation is 2. The summed E-state index contributed by atoms with van der Waals surface area (Å²) in [5.74, 6) is 0.681. The average Bonchev–Trinajstić information content (AvgIpc) is 3.06. The van der Waals surface area contributed by atoms with E-state index in [2.05, 4.69) is 10.6 Å². The third kappa shape index (κ3) is 3.20. The molecule has 0 unspecified atom stereocenters. The van der Waals surface area contributed by atoms with Crippen LogP contribution in [0.1, 0.15) is 52.0 Å². The van der Waals surface area contributed by atoms with Crippen LogP contribution >= 0.6 is 0 Å². The van der Waals surface area contributed by atoms with Gasteiger partial charge in [0.2, 0.25) is 0 Å². The van der Waals surface area contributed by atoms with Crippen LogP contribution in [0.3, 0.4) is 0 Å². The van der Waals surface area contributed by atoms with Crippen molar-refractivity contribution >= 4 is 23.4 Å². The SMILES string of the molecule is CCNc1cc2c(cc1C)C1(c3cc(C)c(NCC)cc3O2)c2ccccc2C(=O)N1OC(N)=O. The molecule has 2 heterocycles. The smallest absolute Gasteiger partial charge is 0.429 e. The highest BCUT2D eigenvalue weighted by molar-refractivity contribution is 6.02. The summed E-state index contributed by atoms with van der Waals surface area (Å²) < 4.78 is 6.46. The number of rotatable bonds is 5. The zero-order valence-corrected chi connectivity index (χ0v) is 20.2. The fourth-order valence-electron chi connectivity index (χ4n) is 5.20. The fraction of sp³-hybridized carbons (Fsp3) is 0.259. The molecule has 3 aromatic rings. The van der Waals surface area contributed by atoms with Gasteiger partial charge in [-0.05, 0) is 57.0 Å². The van der Waals surface area contributed by atoms with Gasteiger partial charge in [0.05, 0.1) is 0 Å². The maximum absolute atomic E-state index is 13.7. The van der Waals surface area contributed by atoms with E-state index in [-0.39, 0.29) is 0 Å². The molecule has 3 aromatic carbocycles. The average molecular weight is 473 g/mol. The van der Waals surface area contributed by atoms with Gasteiger partial charge in [-0.3, -0.25) is 4.79 Å². The van der Waals surface area contributed by atoms with Gasteiger partial charge in [-0.1, -0.05) is 18.2 Å². The predicted octanol–water partition coefficient (Wildman–Crippen LogP) is 5.03. The highest BCUT2D eigenvalue weighted by Crippen LogP contribution is 2.58. The van der Waals surface area contributed by atoms with Crippen molar-refractivity contribution in [1.82, 2.24) is 5.06 Å². The number of anilines is 2. The molecule has 0 radical (unpaired) electrons. The molecule has 1 spiro atoms. The standard InChI is InChI=1S/C27H28N4O4/c1-5-29-21-13-23-19(11-15(21)3)27(20-12-16(4)22(30-6-2)14-24(20)34-23)18-10-8-7-9-17(18)25(32)31(27)35-26(28)33/h7-14,29-30H,5-6H2,1-4H3,(H2,28,33). The quantitative estimate of drug-likeness (QED) is 0.481. The lowest BCUT2D eigenvalue weighted by molar-refractivity contribution is -0.106. The lowest BCUT2D eigenvalue weighted by Gasteiger charge is -2.42. The molecule has 2 amide bonds. The molecule has 2 aliphatic heterocycles. The Morgan fingerprint density at radius 1 is 0.943 bits per heavy atom. The summed E-state index contributed by atoms with van der Waals surface area (Å²) in [5, 5.41) is 7.84. The number of hydrogen-bond donors (Lipinski definition) is 3. The van der Waals surface area contributed by atoms with Crippen molar-refractivity contribution in [3.63, 3.8) is 0 Å². The van der Waals surface area contributed by atoms with Gasteiger partial charge in [-0.25, -0.2) is 4.79 Å². The van der Waals surface area contributed by atoms with E-state index >= 15 is 0 Å². The monoisotopic (exact) mass is 472 g/mol. The van der Waals surface area contributed by atoms with Crippen LogP contribution in [-0.2, 0) is 10.4 Å². The summed E-state index contributed by atoms with van der Waals surface area (Å²) in [6, 6.07) is 15.1. The van der Waals surface area contributed by atoms with E-state index in [4.69, 9.17) is 15.3 Å². The van der Waals surface area contributed by atoms with E-state index in [0.717, 1.165) is 40.7 Å². The second kappa shape index (κ2) is 8.23. The summed E-state index contributed by atoms with van der Waals surface area (Å²) in [7, 11) is 0. The Bertz CT molecular complexity index is 1310. The molecular weight excluding hydrogens is 444 g/mol. The van der Waals surface area contributed by atoms with E-state index in [1.807, 2.05) is 64.1 Å². The van der Waals surface area contributed by atoms with Crippen LogP contribution in [0.5, 0.6) is 11.5 Å². The first kappa shape index (κ1) is 22.6. The van der Waals surface area contributed by atoms with E-state index in [1.54, 1.807) is 12.1 Å². The van der Waals surface area contributed by atoms with Gasteiger partial charge in [-0.2, -0.15) is 0 Å². The Kier molecular flexibility index (Phi) is 5.31. The third-order valence-electron chi connectivity index (χ3n) is 6.60. The second-order valence-electron chi connectivity index (χ2n) is 8.76. The predicted molar refractivity (Wildman–Crippen MR) is 134 cm³/mol. The Labute approximate surface area is 204 Å². The fourth-order valence-corrected chi connectivity index (χ4v) is 5.20. The van der Waals surface area contributed by atoms with Crippen molar-refractivity contribution in [3.8, 4) is 11.5 Å². The molecule has 0 aliphatic carbocycles. The normalized spacial score (nSPS) is 14.6. The molecule has 0 bridgehead atoms. The number of nitrogens with one attached hydrogen (secondary N) is 2. The van der Waals surface area contributed by atoms with Crippen LogP contribution in [0, 0.1) is 13.8 Å². The highest BCUT2D eigenvalue weighted by Gasteiger charge is 2.59. The van der Waals surface area contributed by atoms with E-state index in [0.29, 0.717) is 33.8 Å². The van der Waals surface area contributed by atoms with Crippen molar-refractivity contribution < 1.29 is 19.2 Å². The van der Waals surface area contributed by atoms with Crippen molar-refractivity contribution in [2.75, 3.05) is 23.7 Å². The first-order chi connectivity index (χ1) is 16.8. The Morgan fingerprint density at radius 3 is 2.00 bits per heavy atom. The van der Waals surface area contributed by atoms with Gasteiger partial charge >= 0.3 is 6.09 Å². The number of amides is 2. The minimum atomic E-state index is -1.27. The van der Waals surface area contributed by atoms with Crippen LogP contribution in [0.2, 0.25) is 0 Å². The van der Waals surface area contributed by atoms with Crippen molar-refractivity contribution in [2.24, 2.45) is 5.73 Å². The number of nitrogens with two attached hydrogens (primary N) is 1. The van der Waals surface area contributed by atoms with Crippen molar-refractivity contribution in [2.45, 2.75) is 33.2 Å². The lowest BCUT2D eigenvalue weighted by atomic mass is 9.74. The van der Waals surface area contributed by atoms with Crippen molar-refractivity contribution in [3.05, 3.63) is 81.9 Å². The van der Waals surface area contributed by atoms with Crippen LogP contribution in [0.4, 0.5) is 16.2 Å². The van der Waals surface area contributed by atoms with Crippen LogP contribution in [-0.4, -0.2) is 30.2 Å². The maximum Gasteiger partial charge on any atom is 0.429 e. The molecule has 35 heavy (non-hydrogen) atoms. The van der Waals surface area contributed by atoms with Gasteiger partial charge in [0.1, 0.15) is 11.5 Å². The summed E-state index contributed by atoms with van der Waals surface area (Å²) >= 11 is 0. The van der Waals surface area contributed by atoms with Gasteiger partial charge in [0, 0.05) is 58.9 Å². The molecule has 0 saturated carbocycles. The minimum absolute atomic E-state index is 0.439. The van der Waals surface area contributed by atoms with Crippen LogP contribution in [0.25, 0.3) is 0 Å². The van der Waals surface area contributed by atoms with E-state index in [9.17, 15) is 9.59 Å². The number of hydroxylamine groups is 2. The molecular formula is C27H28N4O4. The Hall–Kier alpha value is -4.20.